The Labute approximate surface area is 111 Å². The highest BCUT2D eigenvalue weighted by molar-refractivity contribution is 6.30. The van der Waals surface area contributed by atoms with Crippen molar-refractivity contribution in [2.75, 3.05) is 19.8 Å². The zero-order valence-corrected chi connectivity index (χ0v) is 11.0. The van der Waals surface area contributed by atoms with Gasteiger partial charge in [0.05, 0.1) is 24.3 Å². The van der Waals surface area contributed by atoms with Crippen LogP contribution in [0.1, 0.15) is 12.5 Å². The number of ether oxygens (including phenoxy) is 1. The van der Waals surface area contributed by atoms with Crippen LogP contribution in [0.3, 0.4) is 0 Å². The Morgan fingerprint density at radius 3 is 3.06 bits per heavy atom. The van der Waals surface area contributed by atoms with E-state index in [1.165, 1.54) is 0 Å². The smallest absolute Gasteiger partial charge is 0.146 e. The molecule has 1 aliphatic rings. The molecule has 5 heteroatoms. The molecule has 100 valence electrons. The fourth-order valence-corrected chi connectivity index (χ4v) is 2.29. The van der Waals surface area contributed by atoms with Gasteiger partial charge in [0.1, 0.15) is 5.82 Å². The molecule has 0 aliphatic carbocycles. The number of hydrogen-bond donors (Lipinski definition) is 1. The van der Waals surface area contributed by atoms with Crippen LogP contribution in [0.5, 0.6) is 0 Å². The van der Waals surface area contributed by atoms with Crippen molar-refractivity contribution < 1.29 is 14.2 Å². The predicted molar refractivity (Wildman–Crippen MR) is 68.1 cm³/mol. The van der Waals surface area contributed by atoms with Gasteiger partial charge in [-0.15, -0.1) is 0 Å². The molecule has 1 fully saturated rings. The van der Waals surface area contributed by atoms with Crippen molar-refractivity contribution in [1.82, 2.24) is 4.90 Å². The Morgan fingerprint density at radius 2 is 2.33 bits per heavy atom. The Bertz CT molecular complexity index is 416. The van der Waals surface area contributed by atoms with Crippen LogP contribution in [0.15, 0.2) is 18.2 Å². The van der Waals surface area contributed by atoms with Crippen LogP contribution in [0.4, 0.5) is 4.39 Å². The number of nitrogens with zero attached hydrogens (tertiary/aromatic N) is 1. The standard InChI is InChI=1S/C13H17ClFNO2/c1-9-8-18-11(7-17)6-16(9)5-10-3-2-4-12(14)13(10)15/h2-4,9,11,17H,5-8H2,1H3/t9-,11-/m1/s1. The summed E-state index contributed by atoms with van der Waals surface area (Å²) in [5, 5.41) is 9.26. The van der Waals surface area contributed by atoms with Gasteiger partial charge in [-0.05, 0) is 13.0 Å². The second-order valence-electron chi connectivity index (χ2n) is 4.63. The molecule has 1 N–H and O–H groups in total. The van der Waals surface area contributed by atoms with Gasteiger partial charge >= 0.3 is 0 Å². The van der Waals surface area contributed by atoms with Crippen molar-refractivity contribution in [2.24, 2.45) is 0 Å². The lowest BCUT2D eigenvalue weighted by Crippen LogP contribution is -2.48. The van der Waals surface area contributed by atoms with Gasteiger partial charge in [0.2, 0.25) is 0 Å². The molecule has 1 saturated heterocycles. The van der Waals surface area contributed by atoms with Gasteiger partial charge in [0.25, 0.3) is 0 Å². The summed E-state index contributed by atoms with van der Waals surface area (Å²) >= 11 is 5.77. The van der Waals surface area contributed by atoms with Crippen LogP contribution >= 0.6 is 11.6 Å². The molecule has 0 aromatic heterocycles. The Morgan fingerprint density at radius 1 is 1.56 bits per heavy atom. The average Bonchev–Trinajstić information content (AvgIpc) is 2.37. The highest BCUT2D eigenvalue weighted by Crippen LogP contribution is 2.21. The van der Waals surface area contributed by atoms with Crippen molar-refractivity contribution in [2.45, 2.75) is 25.6 Å². The molecule has 18 heavy (non-hydrogen) atoms. The lowest BCUT2D eigenvalue weighted by molar-refractivity contribution is -0.0807. The summed E-state index contributed by atoms with van der Waals surface area (Å²) in [6, 6.07) is 5.22. The van der Waals surface area contributed by atoms with Crippen molar-refractivity contribution in [3.8, 4) is 0 Å². The number of aliphatic hydroxyl groups excluding tert-OH is 1. The van der Waals surface area contributed by atoms with Crippen LogP contribution in [-0.2, 0) is 11.3 Å². The summed E-state index contributed by atoms with van der Waals surface area (Å²) in [6.07, 6.45) is -0.191. The van der Waals surface area contributed by atoms with E-state index in [0.717, 1.165) is 0 Å². The van der Waals surface area contributed by atoms with Crippen LogP contribution in [0, 0.1) is 5.82 Å². The van der Waals surface area contributed by atoms with E-state index in [0.29, 0.717) is 25.3 Å². The number of aliphatic hydroxyl groups is 1. The van der Waals surface area contributed by atoms with Crippen LogP contribution in [-0.4, -0.2) is 41.9 Å². The summed E-state index contributed by atoms with van der Waals surface area (Å²) in [5.74, 6) is -0.363. The molecule has 1 aliphatic heterocycles. The molecule has 1 heterocycles. The van der Waals surface area contributed by atoms with Gasteiger partial charge in [0, 0.05) is 24.7 Å². The van der Waals surface area contributed by atoms with E-state index in [1.54, 1.807) is 18.2 Å². The third-order valence-electron chi connectivity index (χ3n) is 3.24. The van der Waals surface area contributed by atoms with E-state index in [1.807, 2.05) is 6.92 Å². The maximum Gasteiger partial charge on any atom is 0.146 e. The van der Waals surface area contributed by atoms with Gasteiger partial charge in [-0.3, -0.25) is 4.90 Å². The molecule has 0 saturated carbocycles. The van der Waals surface area contributed by atoms with E-state index in [2.05, 4.69) is 4.90 Å². The third kappa shape index (κ3) is 3.01. The van der Waals surface area contributed by atoms with Crippen LogP contribution in [0.25, 0.3) is 0 Å². The first kappa shape index (κ1) is 13.7. The molecular formula is C13H17ClFNO2. The molecule has 0 radical (unpaired) electrons. The molecule has 1 aromatic rings. The number of rotatable bonds is 3. The van der Waals surface area contributed by atoms with Crippen LogP contribution < -0.4 is 0 Å². The van der Waals surface area contributed by atoms with E-state index in [-0.39, 0.29) is 29.6 Å². The highest BCUT2D eigenvalue weighted by Gasteiger charge is 2.26. The lowest BCUT2D eigenvalue weighted by atomic mass is 10.1. The van der Waals surface area contributed by atoms with E-state index < -0.39 is 0 Å². The van der Waals surface area contributed by atoms with Gasteiger partial charge in [-0.2, -0.15) is 0 Å². The summed E-state index contributed by atoms with van der Waals surface area (Å²) < 4.78 is 19.3. The van der Waals surface area contributed by atoms with Gasteiger partial charge in [-0.25, -0.2) is 4.39 Å². The predicted octanol–water partition coefficient (Wildman–Crippen LogP) is 2.06. The lowest BCUT2D eigenvalue weighted by Gasteiger charge is -2.37. The van der Waals surface area contributed by atoms with Gasteiger partial charge in [0.15, 0.2) is 0 Å². The normalized spacial score (nSPS) is 25.3. The minimum Gasteiger partial charge on any atom is -0.394 e. The second kappa shape index (κ2) is 5.97. The summed E-state index contributed by atoms with van der Waals surface area (Å²) in [5.41, 5.74) is 0.577. The molecule has 0 amide bonds. The Balaban J connectivity index is 2.09. The van der Waals surface area contributed by atoms with Gasteiger partial charge < -0.3 is 9.84 Å². The third-order valence-corrected chi connectivity index (χ3v) is 3.54. The molecule has 2 atom stereocenters. The number of hydrogen-bond acceptors (Lipinski definition) is 3. The van der Waals surface area contributed by atoms with E-state index in [4.69, 9.17) is 21.4 Å². The van der Waals surface area contributed by atoms with Crippen molar-refractivity contribution in [3.05, 3.63) is 34.6 Å². The first-order chi connectivity index (χ1) is 8.61. The summed E-state index contributed by atoms with van der Waals surface area (Å²) in [6.45, 7) is 3.64. The van der Waals surface area contributed by atoms with E-state index in [9.17, 15) is 4.39 Å². The van der Waals surface area contributed by atoms with Crippen molar-refractivity contribution in [3.63, 3.8) is 0 Å². The number of halogens is 2. The monoisotopic (exact) mass is 273 g/mol. The minimum atomic E-state index is -0.363. The summed E-state index contributed by atoms with van der Waals surface area (Å²) in [7, 11) is 0. The maximum atomic E-state index is 13.8. The molecule has 0 unspecified atom stereocenters. The quantitative estimate of drug-likeness (QED) is 0.915. The van der Waals surface area contributed by atoms with Gasteiger partial charge in [-0.1, -0.05) is 23.7 Å². The highest BCUT2D eigenvalue weighted by atomic mass is 35.5. The second-order valence-corrected chi connectivity index (χ2v) is 5.04. The molecule has 3 nitrogen and oxygen atoms in total. The first-order valence-electron chi connectivity index (χ1n) is 6.01. The number of morpholine rings is 1. The van der Waals surface area contributed by atoms with Crippen molar-refractivity contribution in [1.29, 1.82) is 0 Å². The minimum absolute atomic E-state index is 0.0127. The number of benzene rings is 1. The van der Waals surface area contributed by atoms with Crippen LogP contribution in [0.2, 0.25) is 5.02 Å². The maximum absolute atomic E-state index is 13.8. The fraction of sp³-hybridized carbons (Fsp3) is 0.538. The Hall–Kier alpha value is -0.680. The molecule has 1 aromatic carbocycles. The molecule has 2 rings (SSSR count). The fourth-order valence-electron chi connectivity index (χ4n) is 2.10. The topological polar surface area (TPSA) is 32.7 Å². The molecule has 0 bridgehead atoms. The van der Waals surface area contributed by atoms with E-state index >= 15 is 0 Å². The zero-order valence-electron chi connectivity index (χ0n) is 10.3. The SMILES string of the molecule is C[C@@H]1CO[C@@H](CO)CN1Cc1cccc(Cl)c1F. The zero-order chi connectivity index (χ0) is 13.1. The van der Waals surface area contributed by atoms with Crippen molar-refractivity contribution >= 4 is 11.6 Å². The molecule has 0 spiro atoms. The summed E-state index contributed by atoms with van der Waals surface area (Å²) in [4.78, 5) is 2.10. The molecular weight excluding hydrogens is 257 g/mol. The average molecular weight is 274 g/mol. The Kier molecular flexibility index (Phi) is 4.56. The first-order valence-corrected chi connectivity index (χ1v) is 6.39. The largest absolute Gasteiger partial charge is 0.394 e.